The number of nitriles is 1. The summed E-state index contributed by atoms with van der Waals surface area (Å²) in [7, 11) is 0. The van der Waals surface area contributed by atoms with E-state index in [0.717, 1.165) is 4.70 Å². The van der Waals surface area contributed by atoms with E-state index in [9.17, 15) is 9.90 Å². The minimum Gasteiger partial charge on any atom is -0.491 e. The van der Waals surface area contributed by atoms with Crippen LogP contribution in [0.2, 0.25) is 0 Å². The van der Waals surface area contributed by atoms with Crippen LogP contribution in [0.3, 0.4) is 0 Å². The normalized spacial score (nSPS) is 12.0. The summed E-state index contributed by atoms with van der Waals surface area (Å²) in [5.41, 5.74) is 0.440. The summed E-state index contributed by atoms with van der Waals surface area (Å²) < 4.78 is 7.91. The van der Waals surface area contributed by atoms with Crippen molar-refractivity contribution in [1.29, 1.82) is 5.26 Å². The number of aliphatic hydroxyl groups is 1. The van der Waals surface area contributed by atoms with Gasteiger partial charge in [0.15, 0.2) is 0 Å². The van der Waals surface area contributed by atoms with Gasteiger partial charge in [0.1, 0.15) is 18.5 Å². The van der Waals surface area contributed by atoms with Crippen LogP contribution in [0.15, 0.2) is 52.8 Å². The number of nitrogens with zero attached hydrogens (tertiary/aromatic N) is 2. The molecule has 0 aliphatic rings. The van der Waals surface area contributed by atoms with Crippen LogP contribution in [0, 0.1) is 11.3 Å². The smallest absolute Gasteiger partial charge is 0.259 e. The van der Waals surface area contributed by atoms with Crippen molar-refractivity contribution in [1.82, 2.24) is 4.57 Å². The van der Waals surface area contributed by atoms with Gasteiger partial charge >= 0.3 is 0 Å². The zero-order chi connectivity index (χ0) is 16.2. The Morgan fingerprint density at radius 3 is 2.78 bits per heavy atom. The summed E-state index contributed by atoms with van der Waals surface area (Å²) in [6.07, 6.45) is 0.881. The Bertz CT molecular complexity index is 906. The van der Waals surface area contributed by atoms with E-state index in [2.05, 4.69) is 0 Å². The van der Waals surface area contributed by atoms with Gasteiger partial charge in [-0.2, -0.15) is 5.26 Å². The molecule has 0 aliphatic heterocycles. The van der Waals surface area contributed by atoms with Crippen molar-refractivity contribution in [2.75, 3.05) is 6.61 Å². The lowest BCUT2D eigenvalue weighted by molar-refractivity contribution is 0.0917. The maximum atomic E-state index is 12.3. The van der Waals surface area contributed by atoms with Gasteiger partial charge in [-0.15, -0.1) is 11.3 Å². The second-order valence-corrected chi connectivity index (χ2v) is 6.02. The van der Waals surface area contributed by atoms with Gasteiger partial charge < -0.3 is 14.4 Å². The van der Waals surface area contributed by atoms with E-state index >= 15 is 0 Å². The fourth-order valence-corrected chi connectivity index (χ4v) is 3.02. The average Bonchev–Trinajstić information content (AvgIpc) is 3.05. The molecule has 3 rings (SSSR count). The van der Waals surface area contributed by atoms with Crippen LogP contribution in [0.4, 0.5) is 0 Å². The lowest BCUT2D eigenvalue weighted by Gasteiger charge is -2.14. The summed E-state index contributed by atoms with van der Waals surface area (Å²) in [5, 5.41) is 21.4. The first-order valence-electron chi connectivity index (χ1n) is 7.05. The number of ether oxygens (including phenoxy) is 1. The molecule has 5 nitrogen and oxygen atoms in total. The molecule has 6 heteroatoms. The minimum absolute atomic E-state index is 0.0695. The van der Waals surface area contributed by atoms with Gasteiger partial charge in [-0.25, -0.2) is 0 Å². The first kappa shape index (κ1) is 15.3. The Hall–Kier alpha value is -2.62. The number of hydrogen-bond acceptors (Lipinski definition) is 5. The Kier molecular flexibility index (Phi) is 4.42. The van der Waals surface area contributed by atoms with E-state index in [1.807, 2.05) is 17.5 Å². The molecule has 2 heterocycles. The lowest BCUT2D eigenvalue weighted by atomic mass is 10.2. The van der Waals surface area contributed by atoms with Crippen molar-refractivity contribution < 1.29 is 9.84 Å². The van der Waals surface area contributed by atoms with Crippen molar-refractivity contribution in [3.8, 4) is 11.8 Å². The molecule has 116 valence electrons. The first-order valence-corrected chi connectivity index (χ1v) is 7.93. The van der Waals surface area contributed by atoms with Crippen LogP contribution >= 0.6 is 11.3 Å². The van der Waals surface area contributed by atoms with E-state index in [4.69, 9.17) is 10.00 Å². The molecule has 0 radical (unpaired) electrons. The quantitative estimate of drug-likeness (QED) is 0.781. The molecule has 1 N–H and O–H groups in total. The van der Waals surface area contributed by atoms with Crippen molar-refractivity contribution in [3.63, 3.8) is 0 Å². The highest BCUT2D eigenvalue weighted by Crippen LogP contribution is 2.16. The Morgan fingerprint density at radius 2 is 2.04 bits per heavy atom. The monoisotopic (exact) mass is 326 g/mol. The maximum absolute atomic E-state index is 12.3. The SMILES string of the molecule is N#Cc1ccc(OCC(O)Cn2ccc3sccc3c2=O)cc1. The van der Waals surface area contributed by atoms with Crippen molar-refractivity contribution in [2.45, 2.75) is 12.6 Å². The summed E-state index contributed by atoms with van der Waals surface area (Å²) in [5.74, 6) is 0.573. The molecule has 1 atom stereocenters. The summed E-state index contributed by atoms with van der Waals surface area (Å²) in [4.78, 5) is 12.3. The van der Waals surface area contributed by atoms with Crippen LogP contribution < -0.4 is 10.3 Å². The predicted molar refractivity (Wildman–Crippen MR) is 88.7 cm³/mol. The Morgan fingerprint density at radius 1 is 1.26 bits per heavy atom. The van der Waals surface area contributed by atoms with E-state index in [1.165, 1.54) is 15.9 Å². The maximum Gasteiger partial charge on any atom is 0.259 e. The molecule has 0 aliphatic carbocycles. The van der Waals surface area contributed by atoms with Gasteiger partial charge in [0.25, 0.3) is 5.56 Å². The van der Waals surface area contributed by atoms with E-state index < -0.39 is 6.10 Å². The number of thiophene rings is 1. The molecule has 23 heavy (non-hydrogen) atoms. The van der Waals surface area contributed by atoms with Crippen molar-refractivity contribution in [3.05, 3.63) is 63.9 Å². The van der Waals surface area contributed by atoms with Crippen molar-refractivity contribution >= 4 is 21.4 Å². The molecule has 0 saturated carbocycles. The summed E-state index contributed by atoms with van der Waals surface area (Å²) in [6.45, 7) is 0.237. The minimum atomic E-state index is -0.806. The van der Waals surface area contributed by atoms with Gasteiger partial charge in [0, 0.05) is 10.9 Å². The molecule has 0 amide bonds. The highest BCUT2D eigenvalue weighted by molar-refractivity contribution is 7.17. The van der Waals surface area contributed by atoms with Gasteiger partial charge in [-0.05, 0) is 41.8 Å². The number of aliphatic hydroxyl groups excluding tert-OH is 1. The van der Waals surface area contributed by atoms with Crippen LogP contribution in [0.25, 0.3) is 10.1 Å². The Balaban J connectivity index is 1.64. The van der Waals surface area contributed by atoms with Gasteiger partial charge in [0.2, 0.25) is 0 Å². The number of rotatable bonds is 5. The molecule has 0 spiro atoms. The molecule has 0 fully saturated rings. The van der Waals surface area contributed by atoms with E-state index in [0.29, 0.717) is 16.7 Å². The molecular formula is C17H14N2O3S. The molecule has 3 aromatic rings. The zero-order valence-corrected chi connectivity index (χ0v) is 13.0. The lowest BCUT2D eigenvalue weighted by Crippen LogP contribution is -2.29. The second-order valence-electron chi connectivity index (χ2n) is 5.07. The van der Waals surface area contributed by atoms with Crippen LogP contribution in [-0.4, -0.2) is 22.4 Å². The zero-order valence-electron chi connectivity index (χ0n) is 12.2. The van der Waals surface area contributed by atoms with Gasteiger partial charge in [-0.3, -0.25) is 4.79 Å². The highest BCUT2D eigenvalue weighted by Gasteiger charge is 2.10. The molecule has 0 saturated heterocycles. The number of hydrogen-bond donors (Lipinski definition) is 1. The second kappa shape index (κ2) is 6.65. The highest BCUT2D eigenvalue weighted by atomic mass is 32.1. The average molecular weight is 326 g/mol. The van der Waals surface area contributed by atoms with Gasteiger partial charge in [-0.1, -0.05) is 0 Å². The van der Waals surface area contributed by atoms with E-state index in [-0.39, 0.29) is 18.7 Å². The third-order valence-corrected chi connectivity index (χ3v) is 4.31. The van der Waals surface area contributed by atoms with Crippen LogP contribution in [-0.2, 0) is 6.54 Å². The summed E-state index contributed by atoms with van der Waals surface area (Å²) in [6, 6.07) is 12.3. The third kappa shape index (κ3) is 3.42. The van der Waals surface area contributed by atoms with Crippen LogP contribution in [0.5, 0.6) is 5.75 Å². The standard InChI is InChI=1S/C17H14N2O3S/c18-9-12-1-3-14(4-2-12)22-11-13(20)10-19-7-5-16-15(17(19)21)6-8-23-16/h1-8,13,20H,10-11H2. The number of benzene rings is 1. The fraction of sp³-hybridized carbons (Fsp3) is 0.176. The molecule has 1 unspecified atom stereocenters. The fourth-order valence-electron chi connectivity index (χ4n) is 2.25. The predicted octanol–water partition coefficient (Wildman–Crippen LogP) is 2.37. The number of aromatic nitrogens is 1. The van der Waals surface area contributed by atoms with Gasteiger partial charge in [0.05, 0.1) is 23.6 Å². The largest absolute Gasteiger partial charge is 0.491 e. The summed E-state index contributed by atoms with van der Waals surface area (Å²) >= 11 is 1.52. The van der Waals surface area contributed by atoms with E-state index in [1.54, 1.807) is 36.5 Å². The number of pyridine rings is 1. The number of fused-ring (bicyclic) bond motifs is 1. The van der Waals surface area contributed by atoms with Crippen LogP contribution in [0.1, 0.15) is 5.56 Å². The topological polar surface area (TPSA) is 75.2 Å². The molecule has 0 bridgehead atoms. The molecule has 1 aromatic carbocycles. The first-order chi connectivity index (χ1) is 11.2. The molecular weight excluding hydrogens is 312 g/mol. The molecule has 2 aromatic heterocycles. The Labute approximate surface area is 136 Å². The third-order valence-electron chi connectivity index (χ3n) is 3.43. The van der Waals surface area contributed by atoms with Crippen molar-refractivity contribution in [2.24, 2.45) is 0 Å².